The van der Waals surface area contributed by atoms with E-state index in [4.69, 9.17) is 0 Å². The van der Waals surface area contributed by atoms with Gasteiger partial charge in [-0.3, -0.25) is 14.4 Å². The van der Waals surface area contributed by atoms with Gasteiger partial charge in [-0.15, -0.1) is 0 Å². The maximum atomic E-state index is 14.0. The first kappa shape index (κ1) is 20.7. The van der Waals surface area contributed by atoms with Crippen molar-refractivity contribution >= 4 is 11.8 Å². The standard InChI is InChI=1S/C21H18F3N3O4/c1-10-4-15(23)13(16(24)5-10)7-25-20(30)14-9-27-12-6-11(22)2-3-26(8-12)21(31)17(27)19(29)18(14)28/h4-6,9,12,29H,2-3,7-8H2,1H3,(H,25,30). The molecule has 0 spiro atoms. The lowest BCUT2D eigenvalue weighted by molar-refractivity contribution is 0.0686. The Bertz CT molecular complexity index is 1180. The number of halogens is 3. The summed E-state index contributed by atoms with van der Waals surface area (Å²) in [7, 11) is 0. The van der Waals surface area contributed by atoms with E-state index in [1.54, 1.807) is 0 Å². The Morgan fingerprint density at radius 2 is 1.90 bits per heavy atom. The second-order valence-corrected chi connectivity index (χ2v) is 7.55. The molecule has 3 heterocycles. The molecule has 0 saturated carbocycles. The van der Waals surface area contributed by atoms with Crippen LogP contribution in [0.5, 0.6) is 5.75 Å². The minimum absolute atomic E-state index is 0.00278. The van der Waals surface area contributed by atoms with Gasteiger partial charge in [0.05, 0.1) is 11.9 Å². The van der Waals surface area contributed by atoms with E-state index in [0.29, 0.717) is 5.56 Å². The van der Waals surface area contributed by atoms with Crippen LogP contribution < -0.4 is 10.7 Å². The van der Waals surface area contributed by atoms with Crippen LogP contribution in [0.2, 0.25) is 0 Å². The number of carbonyl (C=O) groups is 2. The van der Waals surface area contributed by atoms with Crippen LogP contribution in [0, 0.1) is 18.6 Å². The molecular formula is C21H18F3N3O4. The van der Waals surface area contributed by atoms with E-state index in [2.05, 4.69) is 5.32 Å². The average molecular weight is 433 g/mol. The summed E-state index contributed by atoms with van der Waals surface area (Å²) in [6, 6.07) is 1.49. The zero-order valence-electron chi connectivity index (χ0n) is 16.4. The maximum absolute atomic E-state index is 14.0. The summed E-state index contributed by atoms with van der Waals surface area (Å²) in [5.41, 5.74) is -2.00. The lowest BCUT2D eigenvalue weighted by atomic mass is 10.1. The van der Waals surface area contributed by atoms with E-state index in [1.807, 2.05) is 0 Å². The average Bonchev–Trinajstić information content (AvgIpc) is 2.87. The Balaban J connectivity index is 1.70. The Labute approximate surface area is 174 Å². The van der Waals surface area contributed by atoms with E-state index in [9.17, 15) is 32.7 Å². The SMILES string of the molecule is Cc1cc(F)c(CNC(=O)c2cn3c(c(O)c2=O)C(=O)N2CCC(F)=CC3C2)c(F)c1. The summed E-state index contributed by atoms with van der Waals surface area (Å²) < 4.78 is 43.2. The second-order valence-electron chi connectivity index (χ2n) is 7.55. The number of pyridine rings is 1. The zero-order valence-corrected chi connectivity index (χ0v) is 16.4. The molecule has 0 radical (unpaired) electrons. The Kier molecular flexibility index (Phi) is 5.08. The lowest BCUT2D eigenvalue weighted by Gasteiger charge is -2.33. The van der Waals surface area contributed by atoms with Gasteiger partial charge in [-0.05, 0) is 30.7 Å². The quantitative estimate of drug-likeness (QED) is 0.777. The van der Waals surface area contributed by atoms with Crippen LogP contribution in [0.1, 0.15) is 44.4 Å². The van der Waals surface area contributed by atoms with Crippen molar-refractivity contribution in [1.29, 1.82) is 0 Å². The molecule has 31 heavy (non-hydrogen) atoms. The molecule has 10 heteroatoms. The zero-order chi connectivity index (χ0) is 22.4. The van der Waals surface area contributed by atoms with Crippen LogP contribution in [0.15, 0.2) is 35.0 Å². The smallest absolute Gasteiger partial charge is 0.274 e. The fraction of sp³-hybridized carbons (Fsp3) is 0.286. The van der Waals surface area contributed by atoms with Crippen LogP contribution in [0.3, 0.4) is 0 Å². The molecule has 1 aromatic heterocycles. The van der Waals surface area contributed by atoms with Crippen LogP contribution in [0.4, 0.5) is 13.2 Å². The van der Waals surface area contributed by atoms with Gasteiger partial charge >= 0.3 is 0 Å². The molecule has 2 N–H and O–H groups in total. The van der Waals surface area contributed by atoms with Crippen molar-refractivity contribution in [2.75, 3.05) is 13.1 Å². The number of aromatic nitrogens is 1. The van der Waals surface area contributed by atoms with Gasteiger partial charge < -0.3 is 19.9 Å². The van der Waals surface area contributed by atoms with E-state index < -0.39 is 58.6 Å². The topological polar surface area (TPSA) is 91.6 Å². The van der Waals surface area contributed by atoms with Crippen molar-refractivity contribution < 1.29 is 27.9 Å². The third-order valence-corrected chi connectivity index (χ3v) is 5.41. The first-order valence-electron chi connectivity index (χ1n) is 9.53. The van der Waals surface area contributed by atoms with Gasteiger partial charge in [-0.2, -0.15) is 0 Å². The molecule has 0 fully saturated rings. The number of rotatable bonds is 3. The summed E-state index contributed by atoms with van der Waals surface area (Å²) in [4.78, 5) is 39.1. The van der Waals surface area contributed by atoms with Crippen molar-refractivity contribution in [3.05, 3.63) is 74.5 Å². The Hall–Kier alpha value is -3.56. The Morgan fingerprint density at radius 1 is 1.23 bits per heavy atom. The van der Waals surface area contributed by atoms with Crippen molar-refractivity contribution in [3.63, 3.8) is 0 Å². The molecule has 2 aliphatic heterocycles. The van der Waals surface area contributed by atoms with Crippen LogP contribution in [-0.4, -0.2) is 39.5 Å². The predicted molar refractivity (Wildman–Crippen MR) is 103 cm³/mol. The summed E-state index contributed by atoms with van der Waals surface area (Å²) in [6.07, 6.45) is 2.32. The number of nitrogens with zero attached hydrogens (tertiary/aromatic N) is 2. The van der Waals surface area contributed by atoms with Crippen LogP contribution in [0.25, 0.3) is 0 Å². The number of fused-ring (bicyclic) bond motifs is 4. The first-order valence-corrected chi connectivity index (χ1v) is 9.53. The molecule has 0 aliphatic carbocycles. The molecule has 0 saturated heterocycles. The number of nitrogens with one attached hydrogen (secondary N) is 1. The van der Waals surface area contributed by atoms with Gasteiger partial charge in [0, 0.05) is 37.8 Å². The van der Waals surface area contributed by atoms with Gasteiger partial charge in [-0.1, -0.05) is 0 Å². The molecule has 1 unspecified atom stereocenters. The molecular weight excluding hydrogens is 415 g/mol. The van der Waals surface area contributed by atoms with Gasteiger partial charge in [0.1, 0.15) is 17.2 Å². The van der Waals surface area contributed by atoms with Gasteiger partial charge in [-0.25, -0.2) is 13.2 Å². The van der Waals surface area contributed by atoms with Gasteiger partial charge in [0.2, 0.25) is 5.43 Å². The molecule has 2 bridgehead atoms. The second kappa shape index (κ2) is 7.60. The minimum atomic E-state index is -1.11. The molecule has 2 aliphatic rings. The third-order valence-electron chi connectivity index (χ3n) is 5.41. The predicted octanol–water partition coefficient (Wildman–Crippen LogP) is 2.32. The van der Waals surface area contributed by atoms with Crippen LogP contribution in [-0.2, 0) is 6.54 Å². The number of aryl methyl sites for hydroxylation is 1. The Morgan fingerprint density at radius 3 is 2.58 bits per heavy atom. The highest BCUT2D eigenvalue weighted by Crippen LogP contribution is 2.31. The molecule has 2 aromatic rings. The number of hydrogen-bond acceptors (Lipinski definition) is 4. The van der Waals surface area contributed by atoms with Crippen LogP contribution >= 0.6 is 0 Å². The highest BCUT2D eigenvalue weighted by atomic mass is 19.1. The summed E-state index contributed by atoms with van der Waals surface area (Å²) in [5.74, 6) is -4.74. The van der Waals surface area contributed by atoms with E-state index >= 15 is 0 Å². The van der Waals surface area contributed by atoms with Crippen molar-refractivity contribution in [1.82, 2.24) is 14.8 Å². The summed E-state index contributed by atoms with van der Waals surface area (Å²) in [6.45, 7) is 1.19. The van der Waals surface area contributed by atoms with E-state index in [1.165, 1.54) is 22.5 Å². The first-order chi connectivity index (χ1) is 14.7. The van der Waals surface area contributed by atoms with E-state index in [0.717, 1.165) is 18.3 Å². The van der Waals surface area contributed by atoms with Crippen molar-refractivity contribution in [2.45, 2.75) is 25.9 Å². The normalized spacial score (nSPS) is 17.7. The maximum Gasteiger partial charge on any atom is 0.274 e. The summed E-state index contributed by atoms with van der Waals surface area (Å²) in [5, 5.41) is 12.6. The molecule has 162 valence electrons. The van der Waals surface area contributed by atoms with Crippen molar-refractivity contribution in [3.8, 4) is 5.75 Å². The number of benzene rings is 1. The largest absolute Gasteiger partial charge is 0.503 e. The number of amides is 2. The highest BCUT2D eigenvalue weighted by molar-refractivity contribution is 5.99. The van der Waals surface area contributed by atoms with Gasteiger partial charge in [0.15, 0.2) is 11.4 Å². The monoisotopic (exact) mass is 433 g/mol. The lowest BCUT2D eigenvalue weighted by Crippen LogP contribution is -2.44. The third kappa shape index (κ3) is 3.58. The molecule has 1 atom stereocenters. The van der Waals surface area contributed by atoms with Gasteiger partial charge in [0.25, 0.3) is 11.8 Å². The fourth-order valence-corrected chi connectivity index (χ4v) is 3.82. The highest BCUT2D eigenvalue weighted by Gasteiger charge is 2.36. The number of aromatic hydroxyl groups is 1. The molecule has 2 amide bonds. The molecule has 1 aromatic carbocycles. The molecule has 7 nitrogen and oxygen atoms in total. The van der Waals surface area contributed by atoms with E-state index in [-0.39, 0.29) is 30.8 Å². The number of hydrogen-bond donors (Lipinski definition) is 2. The molecule has 4 rings (SSSR count). The fourth-order valence-electron chi connectivity index (χ4n) is 3.82. The van der Waals surface area contributed by atoms with Crippen molar-refractivity contribution in [2.24, 2.45) is 0 Å². The summed E-state index contributed by atoms with van der Waals surface area (Å²) >= 11 is 0. The minimum Gasteiger partial charge on any atom is -0.503 e. The number of carbonyl (C=O) groups excluding carboxylic acids is 2.